The number of hydrogen-bond donors (Lipinski definition) is 2. The third-order valence-electron chi connectivity index (χ3n) is 3.89. The number of rotatable bonds is 7. The quantitative estimate of drug-likeness (QED) is 0.543. The van der Waals surface area contributed by atoms with Gasteiger partial charge >= 0.3 is 0 Å². The van der Waals surface area contributed by atoms with Crippen LogP contribution in [-0.4, -0.2) is 24.5 Å². The lowest BCUT2D eigenvalue weighted by Gasteiger charge is -2.19. The lowest BCUT2D eigenvalue weighted by Crippen LogP contribution is -2.49. The van der Waals surface area contributed by atoms with E-state index in [4.69, 9.17) is 9.47 Å². The van der Waals surface area contributed by atoms with Gasteiger partial charge in [-0.05, 0) is 65.5 Å². The van der Waals surface area contributed by atoms with E-state index < -0.39 is 17.9 Å². The molecule has 0 spiro atoms. The van der Waals surface area contributed by atoms with E-state index in [2.05, 4.69) is 42.7 Å². The number of carbonyl (C=O) groups is 2. The zero-order chi connectivity index (χ0) is 20.7. The van der Waals surface area contributed by atoms with E-state index in [1.165, 1.54) is 0 Å². The summed E-state index contributed by atoms with van der Waals surface area (Å²) < 4.78 is 12.9. The van der Waals surface area contributed by atoms with Crippen LogP contribution < -0.4 is 20.3 Å². The highest BCUT2D eigenvalue weighted by atomic mass is 79.9. The van der Waals surface area contributed by atoms with Crippen molar-refractivity contribution in [3.63, 3.8) is 0 Å². The SMILES string of the molecule is CCC(Oc1ccccc1C)C(=O)NNC(=O)COc1c(C)cc(Br)cc1Br. The molecule has 2 aromatic carbocycles. The molecule has 2 N–H and O–H groups in total. The van der Waals surface area contributed by atoms with Crippen LogP contribution in [0.4, 0.5) is 0 Å². The van der Waals surface area contributed by atoms with E-state index in [0.29, 0.717) is 17.9 Å². The van der Waals surface area contributed by atoms with Crippen molar-refractivity contribution in [2.24, 2.45) is 0 Å². The summed E-state index contributed by atoms with van der Waals surface area (Å²) >= 11 is 6.80. The largest absolute Gasteiger partial charge is 0.482 e. The van der Waals surface area contributed by atoms with Crippen LogP contribution in [0.3, 0.4) is 0 Å². The molecule has 0 saturated carbocycles. The summed E-state index contributed by atoms with van der Waals surface area (Å²) in [4.78, 5) is 24.3. The monoisotopic (exact) mass is 512 g/mol. The zero-order valence-corrected chi connectivity index (χ0v) is 19.0. The molecule has 0 saturated heterocycles. The van der Waals surface area contributed by atoms with Gasteiger partial charge in [0.15, 0.2) is 12.7 Å². The van der Waals surface area contributed by atoms with Crippen LogP contribution in [0.25, 0.3) is 0 Å². The number of para-hydroxylation sites is 1. The van der Waals surface area contributed by atoms with Gasteiger partial charge < -0.3 is 9.47 Å². The van der Waals surface area contributed by atoms with Gasteiger partial charge in [0.05, 0.1) is 4.47 Å². The second-order valence-electron chi connectivity index (χ2n) is 6.14. The second-order valence-corrected chi connectivity index (χ2v) is 7.91. The molecule has 0 heterocycles. The molecule has 0 aliphatic heterocycles. The first-order chi connectivity index (χ1) is 13.3. The maximum absolute atomic E-state index is 12.3. The van der Waals surface area contributed by atoms with Crippen molar-refractivity contribution in [3.8, 4) is 11.5 Å². The lowest BCUT2D eigenvalue weighted by atomic mass is 10.2. The number of hydrazine groups is 1. The summed E-state index contributed by atoms with van der Waals surface area (Å²) in [5.41, 5.74) is 6.54. The Morgan fingerprint density at radius 1 is 1.07 bits per heavy atom. The average molecular weight is 514 g/mol. The fourth-order valence-electron chi connectivity index (χ4n) is 2.42. The van der Waals surface area contributed by atoms with Crippen molar-refractivity contribution in [2.75, 3.05) is 6.61 Å². The van der Waals surface area contributed by atoms with Gasteiger partial charge in [0.25, 0.3) is 11.8 Å². The van der Waals surface area contributed by atoms with Crippen molar-refractivity contribution in [3.05, 3.63) is 56.5 Å². The van der Waals surface area contributed by atoms with E-state index in [-0.39, 0.29) is 6.61 Å². The Bertz CT molecular complexity index is 835. The highest BCUT2D eigenvalue weighted by Gasteiger charge is 2.20. The number of carbonyl (C=O) groups excluding carboxylic acids is 2. The summed E-state index contributed by atoms with van der Waals surface area (Å²) in [5, 5.41) is 0. The molecule has 6 nitrogen and oxygen atoms in total. The predicted octanol–water partition coefficient (Wildman–Crippen LogP) is 4.21. The Balaban J connectivity index is 1.86. The maximum atomic E-state index is 12.3. The van der Waals surface area contributed by atoms with Crippen LogP contribution in [0.15, 0.2) is 45.3 Å². The van der Waals surface area contributed by atoms with Crippen LogP contribution in [0.5, 0.6) is 11.5 Å². The van der Waals surface area contributed by atoms with Gasteiger partial charge in [-0.1, -0.05) is 41.1 Å². The molecule has 0 fully saturated rings. The minimum absolute atomic E-state index is 0.239. The lowest BCUT2D eigenvalue weighted by molar-refractivity contribution is -0.134. The molecular formula is C20H22Br2N2O4. The number of nitrogens with one attached hydrogen (secondary N) is 2. The number of ether oxygens (including phenoxy) is 2. The number of benzene rings is 2. The summed E-state index contributed by atoms with van der Waals surface area (Å²) in [5.74, 6) is 0.294. The van der Waals surface area contributed by atoms with Crippen molar-refractivity contribution in [2.45, 2.75) is 33.3 Å². The van der Waals surface area contributed by atoms with E-state index in [1.807, 2.05) is 51.1 Å². The normalized spacial score (nSPS) is 11.5. The first-order valence-corrected chi connectivity index (χ1v) is 10.3. The molecule has 2 rings (SSSR count). The van der Waals surface area contributed by atoms with Gasteiger partial charge in [-0.3, -0.25) is 20.4 Å². The van der Waals surface area contributed by atoms with Crippen molar-refractivity contribution in [1.82, 2.24) is 10.9 Å². The number of amides is 2. The van der Waals surface area contributed by atoms with Gasteiger partial charge in [-0.2, -0.15) is 0 Å². The summed E-state index contributed by atoms with van der Waals surface area (Å²) in [7, 11) is 0. The molecule has 0 aromatic heterocycles. The number of aryl methyl sites for hydroxylation is 2. The van der Waals surface area contributed by atoms with Gasteiger partial charge in [0.1, 0.15) is 11.5 Å². The number of halogens is 2. The fraction of sp³-hybridized carbons (Fsp3) is 0.300. The van der Waals surface area contributed by atoms with Crippen LogP contribution >= 0.6 is 31.9 Å². The fourth-order valence-corrected chi connectivity index (χ4v) is 3.97. The highest BCUT2D eigenvalue weighted by molar-refractivity contribution is 9.11. The number of hydrogen-bond acceptors (Lipinski definition) is 4. The second kappa shape index (κ2) is 10.5. The minimum Gasteiger partial charge on any atom is -0.482 e. The molecule has 0 aliphatic carbocycles. The van der Waals surface area contributed by atoms with Gasteiger partial charge in [0.2, 0.25) is 0 Å². The van der Waals surface area contributed by atoms with Crippen molar-refractivity contribution < 1.29 is 19.1 Å². The highest BCUT2D eigenvalue weighted by Crippen LogP contribution is 2.32. The van der Waals surface area contributed by atoms with Crippen LogP contribution in [0.2, 0.25) is 0 Å². The average Bonchev–Trinajstić information content (AvgIpc) is 2.64. The van der Waals surface area contributed by atoms with Crippen molar-refractivity contribution in [1.29, 1.82) is 0 Å². The predicted molar refractivity (Wildman–Crippen MR) is 114 cm³/mol. The molecular weight excluding hydrogens is 492 g/mol. The van der Waals surface area contributed by atoms with E-state index in [9.17, 15) is 9.59 Å². The Kier molecular flexibility index (Phi) is 8.32. The third-order valence-corrected chi connectivity index (χ3v) is 4.94. The molecule has 0 radical (unpaired) electrons. The molecule has 2 aromatic rings. The third kappa shape index (κ3) is 6.24. The minimum atomic E-state index is -0.717. The summed E-state index contributed by atoms with van der Waals surface area (Å²) in [6.45, 7) is 5.37. The van der Waals surface area contributed by atoms with E-state index in [0.717, 1.165) is 20.1 Å². The van der Waals surface area contributed by atoms with E-state index >= 15 is 0 Å². The molecule has 1 unspecified atom stereocenters. The molecule has 1 atom stereocenters. The van der Waals surface area contributed by atoms with Gasteiger partial charge in [-0.25, -0.2) is 0 Å². The summed E-state index contributed by atoms with van der Waals surface area (Å²) in [6, 6.07) is 11.2. The van der Waals surface area contributed by atoms with Crippen LogP contribution in [-0.2, 0) is 9.59 Å². The van der Waals surface area contributed by atoms with Crippen molar-refractivity contribution >= 4 is 43.7 Å². The van der Waals surface area contributed by atoms with Gasteiger partial charge in [-0.15, -0.1) is 0 Å². The van der Waals surface area contributed by atoms with Crippen LogP contribution in [0, 0.1) is 13.8 Å². The van der Waals surface area contributed by atoms with Crippen LogP contribution in [0.1, 0.15) is 24.5 Å². The Hall–Kier alpha value is -2.06. The molecule has 2 amide bonds. The zero-order valence-electron chi connectivity index (χ0n) is 15.8. The molecule has 8 heteroatoms. The summed E-state index contributed by atoms with van der Waals surface area (Å²) in [6.07, 6.45) is -0.261. The Labute approximate surface area is 181 Å². The Morgan fingerprint density at radius 2 is 1.79 bits per heavy atom. The molecule has 28 heavy (non-hydrogen) atoms. The molecule has 150 valence electrons. The Morgan fingerprint density at radius 3 is 2.43 bits per heavy atom. The first kappa shape index (κ1) is 22.2. The topological polar surface area (TPSA) is 76.7 Å². The van der Waals surface area contributed by atoms with E-state index in [1.54, 1.807) is 6.07 Å². The standard InChI is InChI=1S/C20H22Br2N2O4/c1-4-16(28-17-8-6-5-7-12(17)2)20(26)24-23-18(25)11-27-19-13(3)9-14(21)10-15(19)22/h5-10,16H,4,11H2,1-3H3,(H,23,25)(H,24,26). The smallest absolute Gasteiger partial charge is 0.279 e. The van der Waals surface area contributed by atoms with Gasteiger partial charge in [0, 0.05) is 4.47 Å². The maximum Gasteiger partial charge on any atom is 0.279 e. The first-order valence-electron chi connectivity index (χ1n) is 8.71. The molecule has 0 aliphatic rings. The molecule has 0 bridgehead atoms.